The van der Waals surface area contributed by atoms with Crippen LogP contribution in [0.2, 0.25) is 0 Å². The molecule has 1 N–H and O–H groups in total. The lowest BCUT2D eigenvalue weighted by molar-refractivity contribution is 0.314. The minimum Gasteiger partial charge on any atom is -0.492 e. The zero-order valence-corrected chi connectivity index (χ0v) is 18.2. The highest BCUT2D eigenvalue weighted by molar-refractivity contribution is 14.0. The molecule has 1 aromatic heterocycles. The third-order valence-electron chi connectivity index (χ3n) is 4.30. The Morgan fingerprint density at radius 3 is 2.41 bits per heavy atom. The van der Waals surface area contributed by atoms with Crippen molar-refractivity contribution in [1.82, 2.24) is 20.2 Å². The standard InChI is InChI=1S/C19H26N6O.HI/c1-16-4-6-17(7-5-16)26-15-10-23-18(20-2)24-11-13-25(14-12-24)19-21-8-3-9-22-19;/h3-9H,10-15H2,1-2H3,(H,20,23);1H. The largest absolute Gasteiger partial charge is 0.492 e. The van der Waals surface area contributed by atoms with E-state index >= 15 is 0 Å². The number of aromatic nitrogens is 2. The molecule has 0 aliphatic carbocycles. The van der Waals surface area contributed by atoms with Crippen molar-refractivity contribution in [2.75, 3.05) is 51.3 Å². The highest BCUT2D eigenvalue weighted by Crippen LogP contribution is 2.11. The average molecular weight is 482 g/mol. The average Bonchev–Trinajstić information content (AvgIpc) is 2.70. The van der Waals surface area contributed by atoms with Gasteiger partial charge in [-0.1, -0.05) is 17.7 Å². The van der Waals surface area contributed by atoms with Crippen LogP contribution in [0.1, 0.15) is 5.56 Å². The Morgan fingerprint density at radius 2 is 1.78 bits per heavy atom. The van der Waals surface area contributed by atoms with E-state index in [4.69, 9.17) is 4.74 Å². The molecule has 7 nitrogen and oxygen atoms in total. The van der Waals surface area contributed by atoms with Crippen LogP contribution in [0.4, 0.5) is 5.95 Å². The number of benzene rings is 1. The second-order valence-corrected chi connectivity index (χ2v) is 6.16. The van der Waals surface area contributed by atoms with Crippen molar-refractivity contribution in [2.45, 2.75) is 6.92 Å². The molecule has 0 amide bonds. The van der Waals surface area contributed by atoms with Crippen molar-refractivity contribution in [3.05, 3.63) is 48.3 Å². The van der Waals surface area contributed by atoms with E-state index in [1.165, 1.54) is 5.56 Å². The zero-order valence-electron chi connectivity index (χ0n) is 15.8. The molecule has 3 rings (SSSR count). The first-order valence-electron chi connectivity index (χ1n) is 8.93. The Bertz CT molecular complexity index is 702. The molecular formula is C19H27IN6O. The van der Waals surface area contributed by atoms with Crippen LogP contribution in [0.5, 0.6) is 5.75 Å². The highest BCUT2D eigenvalue weighted by atomic mass is 127. The van der Waals surface area contributed by atoms with E-state index in [0.717, 1.165) is 43.8 Å². The van der Waals surface area contributed by atoms with E-state index in [1.54, 1.807) is 12.4 Å². The lowest BCUT2D eigenvalue weighted by Crippen LogP contribution is -2.53. The summed E-state index contributed by atoms with van der Waals surface area (Å²) in [6, 6.07) is 9.93. The lowest BCUT2D eigenvalue weighted by Gasteiger charge is -2.36. The number of hydrogen-bond donors (Lipinski definition) is 1. The number of rotatable bonds is 5. The monoisotopic (exact) mass is 482 g/mol. The number of nitrogens with one attached hydrogen (secondary N) is 1. The lowest BCUT2D eigenvalue weighted by atomic mass is 10.2. The Balaban J connectivity index is 0.00000261. The van der Waals surface area contributed by atoms with Gasteiger partial charge >= 0.3 is 0 Å². The molecule has 27 heavy (non-hydrogen) atoms. The van der Waals surface area contributed by atoms with Crippen molar-refractivity contribution < 1.29 is 4.74 Å². The number of piperazine rings is 1. The summed E-state index contributed by atoms with van der Waals surface area (Å²) in [6.45, 7) is 6.91. The first-order valence-corrected chi connectivity index (χ1v) is 8.93. The highest BCUT2D eigenvalue weighted by Gasteiger charge is 2.20. The van der Waals surface area contributed by atoms with Gasteiger partial charge in [0.15, 0.2) is 5.96 Å². The van der Waals surface area contributed by atoms with Gasteiger partial charge in [-0.15, -0.1) is 24.0 Å². The topological polar surface area (TPSA) is 65.9 Å². The first kappa shape index (κ1) is 21.2. The molecule has 1 aromatic carbocycles. The summed E-state index contributed by atoms with van der Waals surface area (Å²) in [6.07, 6.45) is 3.56. The molecule has 2 heterocycles. The molecule has 0 spiro atoms. The van der Waals surface area contributed by atoms with Crippen LogP contribution in [0.15, 0.2) is 47.7 Å². The molecule has 0 saturated carbocycles. The predicted molar refractivity (Wildman–Crippen MR) is 119 cm³/mol. The van der Waals surface area contributed by atoms with Crippen molar-refractivity contribution in [2.24, 2.45) is 4.99 Å². The summed E-state index contributed by atoms with van der Waals surface area (Å²) in [7, 11) is 1.82. The quantitative estimate of drug-likeness (QED) is 0.305. The first-order chi connectivity index (χ1) is 12.8. The van der Waals surface area contributed by atoms with Crippen molar-refractivity contribution in [3.8, 4) is 5.75 Å². The summed E-state index contributed by atoms with van der Waals surface area (Å²) in [5, 5.41) is 3.38. The van der Waals surface area contributed by atoms with Crippen LogP contribution in [-0.4, -0.2) is 67.2 Å². The maximum absolute atomic E-state index is 5.76. The number of nitrogens with zero attached hydrogens (tertiary/aromatic N) is 5. The molecule has 8 heteroatoms. The normalized spacial score (nSPS) is 14.5. The van der Waals surface area contributed by atoms with Crippen molar-refractivity contribution in [1.29, 1.82) is 0 Å². The Labute approximate surface area is 177 Å². The molecule has 146 valence electrons. The molecule has 0 atom stereocenters. The van der Waals surface area contributed by atoms with Crippen molar-refractivity contribution >= 4 is 35.9 Å². The second-order valence-electron chi connectivity index (χ2n) is 6.16. The van der Waals surface area contributed by atoms with Gasteiger partial charge in [0.25, 0.3) is 0 Å². The molecule has 1 aliphatic rings. The fraction of sp³-hybridized carbons (Fsp3) is 0.421. The van der Waals surface area contributed by atoms with Gasteiger partial charge in [-0.05, 0) is 25.1 Å². The Kier molecular flexibility index (Phi) is 8.56. The van der Waals surface area contributed by atoms with Gasteiger partial charge in [0.1, 0.15) is 12.4 Å². The summed E-state index contributed by atoms with van der Waals surface area (Å²) >= 11 is 0. The molecule has 1 aliphatic heterocycles. The van der Waals surface area contributed by atoms with Crippen LogP contribution >= 0.6 is 24.0 Å². The van der Waals surface area contributed by atoms with Crippen LogP contribution in [0.3, 0.4) is 0 Å². The van der Waals surface area contributed by atoms with E-state index < -0.39 is 0 Å². The van der Waals surface area contributed by atoms with Crippen LogP contribution in [0.25, 0.3) is 0 Å². The molecule has 1 saturated heterocycles. The number of halogens is 1. The van der Waals surface area contributed by atoms with E-state index in [0.29, 0.717) is 13.2 Å². The van der Waals surface area contributed by atoms with Gasteiger partial charge in [0.2, 0.25) is 5.95 Å². The van der Waals surface area contributed by atoms with Gasteiger partial charge in [-0.25, -0.2) is 9.97 Å². The van der Waals surface area contributed by atoms with Crippen LogP contribution in [0, 0.1) is 6.92 Å². The number of hydrogen-bond acceptors (Lipinski definition) is 5. The third kappa shape index (κ3) is 6.23. The summed E-state index contributed by atoms with van der Waals surface area (Å²) < 4.78 is 5.76. The van der Waals surface area contributed by atoms with Gasteiger partial charge in [-0.2, -0.15) is 0 Å². The maximum atomic E-state index is 5.76. The van der Waals surface area contributed by atoms with Gasteiger partial charge in [0, 0.05) is 45.6 Å². The van der Waals surface area contributed by atoms with Crippen LogP contribution in [-0.2, 0) is 0 Å². The van der Waals surface area contributed by atoms with Crippen LogP contribution < -0.4 is 15.0 Å². The molecule has 2 aromatic rings. The number of guanidine groups is 1. The molecule has 0 radical (unpaired) electrons. The summed E-state index contributed by atoms with van der Waals surface area (Å²) in [5.41, 5.74) is 1.23. The van der Waals surface area contributed by atoms with E-state index in [1.807, 2.05) is 25.2 Å². The minimum atomic E-state index is 0. The maximum Gasteiger partial charge on any atom is 0.225 e. The second kappa shape index (κ2) is 10.9. The number of anilines is 1. The molecule has 1 fully saturated rings. The number of ether oxygens (including phenoxy) is 1. The van der Waals surface area contributed by atoms with Gasteiger partial charge in [0.05, 0.1) is 6.54 Å². The SMILES string of the molecule is CN=C(NCCOc1ccc(C)cc1)N1CCN(c2ncccn2)CC1.I. The van der Waals surface area contributed by atoms with E-state index in [-0.39, 0.29) is 24.0 Å². The number of aliphatic imine (C=N–C) groups is 1. The number of aryl methyl sites for hydroxylation is 1. The van der Waals surface area contributed by atoms with Crippen molar-refractivity contribution in [3.63, 3.8) is 0 Å². The zero-order chi connectivity index (χ0) is 18.2. The third-order valence-corrected chi connectivity index (χ3v) is 4.30. The molecule has 0 unspecified atom stereocenters. The predicted octanol–water partition coefficient (Wildman–Crippen LogP) is 2.18. The van der Waals surface area contributed by atoms with E-state index in [2.05, 4.69) is 49.1 Å². The fourth-order valence-corrected chi connectivity index (χ4v) is 2.87. The Morgan fingerprint density at radius 1 is 1.11 bits per heavy atom. The van der Waals surface area contributed by atoms with Gasteiger partial charge in [-0.3, -0.25) is 4.99 Å². The molecular weight excluding hydrogens is 455 g/mol. The Hall–Kier alpha value is -2.10. The molecule has 0 bridgehead atoms. The fourth-order valence-electron chi connectivity index (χ4n) is 2.87. The summed E-state index contributed by atoms with van der Waals surface area (Å²) in [4.78, 5) is 17.5. The van der Waals surface area contributed by atoms with E-state index in [9.17, 15) is 0 Å². The van der Waals surface area contributed by atoms with Gasteiger partial charge < -0.3 is 19.9 Å². The minimum absolute atomic E-state index is 0. The smallest absolute Gasteiger partial charge is 0.225 e. The summed E-state index contributed by atoms with van der Waals surface area (Å²) in [5.74, 6) is 2.59.